The molecule has 2 aromatic carbocycles. The Morgan fingerprint density at radius 3 is 2.42 bits per heavy atom. The van der Waals surface area contributed by atoms with Gasteiger partial charge in [-0.15, -0.1) is 0 Å². The molecule has 0 saturated carbocycles. The van der Waals surface area contributed by atoms with Crippen LogP contribution < -0.4 is 20.1 Å². The lowest BCUT2D eigenvalue weighted by atomic mass is 9.95. The molecule has 4 N–H and O–H groups in total. The van der Waals surface area contributed by atoms with Crippen molar-refractivity contribution >= 4 is 24.0 Å². The first-order valence-electron chi connectivity index (χ1n) is 10.8. The first kappa shape index (κ1) is 25.3. The Labute approximate surface area is 194 Å². The van der Waals surface area contributed by atoms with E-state index in [1.54, 1.807) is 42.5 Å². The molecule has 33 heavy (non-hydrogen) atoms. The lowest BCUT2D eigenvalue weighted by Crippen LogP contribution is -2.41. The Bertz CT molecular complexity index is 1030. The van der Waals surface area contributed by atoms with E-state index in [1.807, 2.05) is 0 Å². The summed E-state index contributed by atoms with van der Waals surface area (Å²) in [4.78, 5) is 21.9. The minimum Gasteiger partial charge on any atom is -0.494 e. The van der Waals surface area contributed by atoms with E-state index in [4.69, 9.17) is 4.74 Å². The summed E-state index contributed by atoms with van der Waals surface area (Å²) in [5.74, 6) is -0.530. The van der Waals surface area contributed by atoms with E-state index < -0.39 is 29.7 Å². The second-order valence-electron chi connectivity index (χ2n) is 7.82. The van der Waals surface area contributed by atoms with Gasteiger partial charge in [-0.2, -0.15) is 9.62 Å². The van der Waals surface area contributed by atoms with Crippen molar-refractivity contribution < 1.29 is 27.4 Å². The zero-order valence-corrected chi connectivity index (χ0v) is 19.9. The number of carbonyl (C=O) groups is 1. The average Bonchev–Trinajstić information content (AvgIpc) is 2.83. The van der Waals surface area contributed by atoms with Crippen LogP contribution in [-0.4, -0.2) is 51.2 Å². The highest BCUT2D eigenvalue weighted by molar-refractivity contribution is 7.89. The van der Waals surface area contributed by atoms with Crippen LogP contribution in [0.1, 0.15) is 29.6 Å². The Morgan fingerprint density at radius 2 is 1.79 bits per heavy atom. The van der Waals surface area contributed by atoms with Gasteiger partial charge in [0.25, 0.3) is 11.7 Å². The second-order valence-corrected chi connectivity index (χ2v) is 10.8. The van der Waals surface area contributed by atoms with E-state index in [9.17, 15) is 22.7 Å². The molecule has 2 aromatic rings. The molecular weight excluding hydrogens is 465 g/mol. The molecule has 1 saturated heterocycles. The molecule has 3 rings (SSSR count). The van der Waals surface area contributed by atoms with Gasteiger partial charge in [0, 0.05) is 5.56 Å². The second kappa shape index (κ2) is 12.2. The molecular formula is C22H29N3O6PS+. The van der Waals surface area contributed by atoms with Crippen LogP contribution >= 0.6 is 8.03 Å². The zero-order chi connectivity index (χ0) is 23.7. The van der Waals surface area contributed by atoms with Crippen LogP contribution in [-0.2, 0) is 14.6 Å². The van der Waals surface area contributed by atoms with Gasteiger partial charge in [0.1, 0.15) is 5.75 Å². The normalized spacial score (nSPS) is 16.1. The van der Waals surface area contributed by atoms with Crippen molar-refractivity contribution in [1.29, 1.82) is 0 Å². The maximum atomic E-state index is 12.4. The largest absolute Gasteiger partial charge is 0.527 e. The Morgan fingerprint density at radius 1 is 1.12 bits per heavy atom. The molecule has 0 aromatic heterocycles. The summed E-state index contributed by atoms with van der Waals surface area (Å²) in [5.41, 5.74) is 0.332. The average molecular weight is 495 g/mol. The first-order valence-corrected chi connectivity index (χ1v) is 13.6. The molecule has 1 heterocycles. The van der Waals surface area contributed by atoms with Crippen molar-refractivity contribution in [3.05, 3.63) is 60.2 Å². The molecule has 2 unspecified atom stereocenters. The maximum Gasteiger partial charge on any atom is 0.527 e. The van der Waals surface area contributed by atoms with E-state index in [2.05, 4.69) is 15.4 Å². The van der Waals surface area contributed by atoms with Crippen molar-refractivity contribution in [1.82, 2.24) is 15.4 Å². The van der Waals surface area contributed by atoms with Gasteiger partial charge >= 0.3 is 8.03 Å². The summed E-state index contributed by atoms with van der Waals surface area (Å²) in [7, 11) is -6.92. The number of amides is 1. The number of rotatable bonds is 11. The smallest absolute Gasteiger partial charge is 0.494 e. The Kier molecular flexibility index (Phi) is 9.34. The quantitative estimate of drug-likeness (QED) is 0.352. The summed E-state index contributed by atoms with van der Waals surface area (Å²) in [5, 5.41) is 5.84. The van der Waals surface area contributed by atoms with Gasteiger partial charge in [-0.3, -0.25) is 4.79 Å². The van der Waals surface area contributed by atoms with Crippen LogP contribution in [0.25, 0.3) is 0 Å². The number of hydrogen-bond donors (Lipinski definition) is 4. The zero-order valence-electron chi connectivity index (χ0n) is 18.1. The summed E-state index contributed by atoms with van der Waals surface area (Å²) in [6.45, 7) is 2.37. The predicted molar refractivity (Wildman–Crippen MR) is 125 cm³/mol. The van der Waals surface area contributed by atoms with Gasteiger partial charge in [0.2, 0.25) is 10.0 Å². The highest BCUT2D eigenvalue weighted by Crippen LogP contribution is 2.22. The van der Waals surface area contributed by atoms with Crippen molar-refractivity contribution in [2.45, 2.75) is 29.9 Å². The van der Waals surface area contributed by atoms with E-state index in [-0.39, 0.29) is 11.4 Å². The third kappa shape index (κ3) is 7.87. The SMILES string of the molecule is O=C(NCC(NS(=O)(=O)c1ccccc1)[P+](=O)O)c1ccc(OCCC2CCNCC2)cc1. The summed E-state index contributed by atoms with van der Waals surface area (Å²) >= 11 is 0. The van der Waals surface area contributed by atoms with E-state index in [1.165, 1.54) is 12.1 Å². The third-order valence-electron chi connectivity index (χ3n) is 5.44. The van der Waals surface area contributed by atoms with Gasteiger partial charge in [0.05, 0.1) is 18.0 Å². The van der Waals surface area contributed by atoms with Crippen LogP contribution in [0.5, 0.6) is 5.75 Å². The number of piperidine rings is 1. The highest BCUT2D eigenvalue weighted by Gasteiger charge is 2.34. The number of nitrogens with one attached hydrogen (secondary N) is 3. The maximum absolute atomic E-state index is 12.4. The predicted octanol–water partition coefficient (Wildman–Crippen LogP) is 2.22. The van der Waals surface area contributed by atoms with Gasteiger partial charge in [-0.05, 0) is 79.2 Å². The fourth-order valence-corrected chi connectivity index (χ4v) is 5.64. The summed E-state index contributed by atoms with van der Waals surface area (Å²) in [6.07, 6.45) is 3.30. The molecule has 0 bridgehead atoms. The van der Waals surface area contributed by atoms with Crippen LogP contribution in [0.2, 0.25) is 0 Å². The Balaban J connectivity index is 1.49. The number of carbonyl (C=O) groups excluding carboxylic acids is 1. The lowest BCUT2D eigenvalue weighted by Gasteiger charge is -2.22. The number of benzene rings is 2. The van der Waals surface area contributed by atoms with Crippen LogP contribution in [0, 0.1) is 5.92 Å². The summed E-state index contributed by atoms with van der Waals surface area (Å²) < 4.78 is 44.4. The minimum atomic E-state index is -4.01. The topological polar surface area (TPSA) is 134 Å². The standard InChI is InChI=1S/C22H28N3O6PS/c26-22(18-6-8-19(9-7-18)31-15-12-17-10-13-23-14-11-17)24-16-21(32(27)28)25-33(29,30)20-4-2-1-3-5-20/h1-9,17,21,23,25H,10-16H2,(H-,24,26,27,28)/p+1. The molecule has 1 aliphatic heterocycles. The molecule has 1 fully saturated rings. The number of hydrogen-bond acceptors (Lipinski definition) is 6. The monoisotopic (exact) mass is 494 g/mol. The number of ether oxygens (including phenoxy) is 1. The van der Waals surface area contributed by atoms with Gasteiger partial charge in [-0.1, -0.05) is 18.2 Å². The Hall–Kier alpha value is -2.36. The van der Waals surface area contributed by atoms with Crippen molar-refractivity contribution in [3.63, 3.8) is 0 Å². The van der Waals surface area contributed by atoms with Crippen LogP contribution in [0.4, 0.5) is 0 Å². The molecule has 11 heteroatoms. The molecule has 0 spiro atoms. The van der Waals surface area contributed by atoms with Crippen molar-refractivity contribution in [3.8, 4) is 5.75 Å². The van der Waals surface area contributed by atoms with Crippen LogP contribution in [0.15, 0.2) is 59.5 Å². The molecule has 0 radical (unpaired) electrons. The van der Waals surface area contributed by atoms with Crippen LogP contribution in [0.3, 0.4) is 0 Å². The van der Waals surface area contributed by atoms with Gasteiger partial charge in [0.15, 0.2) is 0 Å². The molecule has 0 aliphatic carbocycles. The van der Waals surface area contributed by atoms with Crippen molar-refractivity contribution in [2.24, 2.45) is 5.92 Å². The molecule has 1 aliphatic rings. The molecule has 9 nitrogen and oxygen atoms in total. The van der Waals surface area contributed by atoms with Crippen molar-refractivity contribution in [2.75, 3.05) is 26.2 Å². The fraction of sp³-hybridized carbons (Fsp3) is 0.409. The molecule has 1 amide bonds. The highest BCUT2D eigenvalue weighted by atomic mass is 32.2. The molecule has 2 atom stereocenters. The van der Waals surface area contributed by atoms with E-state index >= 15 is 0 Å². The number of sulfonamides is 1. The fourth-order valence-electron chi connectivity index (χ4n) is 3.52. The third-order valence-corrected chi connectivity index (χ3v) is 7.94. The van der Waals surface area contributed by atoms with E-state index in [0.717, 1.165) is 32.4 Å². The molecule has 178 valence electrons. The lowest BCUT2D eigenvalue weighted by molar-refractivity contribution is 0.0953. The minimum absolute atomic E-state index is 0.0334. The summed E-state index contributed by atoms with van der Waals surface area (Å²) in [6, 6.07) is 14.1. The van der Waals surface area contributed by atoms with E-state index in [0.29, 0.717) is 23.8 Å². The van der Waals surface area contributed by atoms with Gasteiger partial charge < -0.3 is 15.4 Å². The first-order chi connectivity index (χ1) is 15.8. The van der Waals surface area contributed by atoms with Gasteiger partial charge in [-0.25, -0.2) is 8.42 Å².